The summed E-state index contributed by atoms with van der Waals surface area (Å²) in [4.78, 5) is 9.49. The second-order valence-corrected chi connectivity index (χ2v) is 1.85. The van der Waals surface area contributed by atoms with E-state index in [0.717, 1.165) is 13.2 Å². The Bertz CT molecular complexity index is 105. The van der Waals surface area contributed by atoms with Gasteiger partial charge in [0.15, 0.2) is 0 Å². The molecule has 3 heteroatoms. The highest BCUT2D eigenvalue weighted by Gasteiger charge is 1.76. The van der Waals surface area contributed by atoms with Crippen LogP contribution in [0, 0.1) is 0 Å². The van der Waals surface area contributed by atoms with Gasteiger partial charge in [0, 0.05) is 13.2 Å². The Kier molecular flexibility index (Phi) is 10.7. The van der Waals surface area contributed by atoms with Crippen LogP contribution in [0.15, 0.2) is 12.2 Å². The average Bonchev–Trinajstić information content (AvgIpc) is 1.90. The van der Waals surface area contributed by atoms with E-state index in [1.165, 1.54) is 6.92 Å². The fourth-order valence-electron chi connectivity index (χ4n) is 0.204. The lowest BCUT2D eigenvalue weighted by Crippen LogP contribution is -2.22. The number of hydrogen-bond donors (Lipinski definition) is 0. The van der Waals surface area contributed by atoms with E-state index in [1.807, 2.05) is 13.8 Å². The van der Waals surface area contributed by atoms with E-state index in [9.17, 15) is 9.90 Å². The summed E-state index contributed by atoms with van der Waals surface area (Å²) >= 11 is 0. The zero-order valence-electron chi connectivity index (χ0n) is 7.35. The van der Waals surface area contributed by atoms with Gasteiger partial charge >= 0.3 is 0 Å². The van der Waals surface area contributed by atoms with Gasteiger partial charge in [-0.05, 0) is 26.3 Å². The minimum atomic E-state index is -1.19. The number of carboxylic acids is 1. The number of hydrogen-bond acceptors (Lipinski definition) is 3. The van der Waals surface area contributed by atoms with Gasteiger partial charge in [-0.25, -0.2) is 0 Å². The Hall–Kier alpha value is -0.830. The van der Waals surface area contributed by atoms with Gasteiger partial charge in [0.1, 0.15) is 0 Å². The fourth-order valence-corrected chi connectivity index (χ4v) is 0.204. The molecule has 0 fully saturated rings. The quantitative estimate of drug-likeness (QED) is 0.558. The topological polar surface area (TPSA) is 49.4 Å². The van der Waals surface area contributed by atoms with Crippen molar-refractivity contribution in [1.29, 1.82) is 0 Å². The summed E-state index contributed by atoms with van der Waals surface area (Å²) in [5.41, 5.74) is 0.0648. The molecule has 0 aliphatic heterocycles. The molecule has 0 bridgehead atoms. The van der Waals surface area contributed by atoms with E-state index < -0.39 is 5.97 Å². The monoisotopic (exact) mass is 159 g/mol. The SMILES string of the molecule is C=C(C)C(=O)[O-].CCOCC. The van der Waals surface area contributed by atoms with Crippen LogP contribution in [0.2, 0.25) is 0 Å². The predicted molar refractivity (Wildman–Crippen MR) is 42.0 cm³/mol. The van der Waals surface area contributed by atoms with Gasteiger partial charge in [0.05, 0.1) is 5.97 Å². The molecule has 0 heterocycles. The minimum Gasteiger partial charge on any atom is -0.545 e. The molecule has 0 N–H and O–H groups in total. The lowest BCUT2D eigenvalue weighted by atomic mass is 10.4. The summed E-state index contributed by atoms with van der Waals surface area (Å²) in [6.45, 7) is 10.1. The summed E-state index contributed by atoms with van der Waals surface area (Å²) in [6.07, 6.45) is 0. The van der Waals surface area contributed by atoms with Crippen LogP contribution in [-0.2, 0) is 9.53 Å². The molecule has 0 rings (SSSR count). The second-order valence-electron chi connectivity index (χ2n) is 1.85. The van der Waals surface area contributed by atoms with Gasteiger partial charge in [-0.15, -0.1) is 0 Å². The molecular weight excluding hydrogens is 144 g/mol. The predicted octanol–water partition coefficient (Wildman–Crippen LogP) is 0.355. The molecule has 0 aliphatic rings. The van der Waals surface area contributed by atoms with Crippen LogP contribution in [-0.4, -0.2) is 19.2 Å². The number of carbonyl (C=O) groups excluding carboxylic acids is 1. The lowest BCUT2D eigenvalue weighted by Gasteiger charge is -1.93. The van der Waals surface area contributed by atoms with Crippen molar-refractivity contribution in [2.24, 2.45) is 0 Å². The highest BCUT2D eigenvalue weighted by molar-refractivity contribution is 5.82. The number of rotatable bonds is 3. The van der Waals surface area contributed by atoms with Gasteiger partial charge in [-0.2, -0.15) is 0 Å². The van der Waals surface area contributed by atoms with Crippen molar-refractivity contribution in [3.8, 4) is 0 Å². The Morgan fingerprint density at radius 3 is 1.73 bits per heavy atom. The zero-order chi connectivity index (χ0) is 9.28. The summed E-state index contributed by atoms with van der Waals surface area (Å²) in [5.74, 6) is -1.19. The largest absolute Gasteiger partial charge is 0.545 e. The van der Waals surface area contributed by atoms with Gasteiger partial charge in [-0.3, -0.25) is 0 Å². The molecule has 0 atom stereocenters. The molecule has 0 aromatic heterocycles. The van der Waals surface area contributed by atoms with Crippen LogP contribution in [0.25, 0.3) is 0 Å². The zero-order valence-corrected chi connectivity index (χ0v) is 7.35. The van der Waals surface area contributed by atoms with Gasteiger partial charge < -0.3 is 14.6 Å². The third-order valence-electron chi connectivity index (χ3n) is 0.757. The third-order valence-corrected chi connectivity index (χ3v) is 0.757. The van der Waals surface area contributed by atoms with Crippen molar-refractivity contribution < 1.29 is 14.6 Å². The molecule has 3 nitrogen and oxygen atoms in total. The second kappa shape index (κ2) is 9.17. The lowest BCUT2D eigenvalue weighted by molar-refractivity contribution is -0.299. The summed E-state index contributed by atoms with van der Waals surface area (Å²) in [5, 5.41) is 9.49. The maximum atomic E-state index is 9.49. The van der Waals surface area contributed by atoms with Crippen molar-refractivity contribution in [2.75, 3.05) is 13.2 Å². The minimum absolute atomic E-state index is 0.0648. The number of ether oxygens (including phenoxy) is 1. The van der Waals surface area contributed by atoms with Crippen LogP contribution in [0.5, 0.6) is 0 Å². The molecule has 0 amide bonds. The van der Waals surface area contributed by atoms with Crippen LogP contribution >= 0.6 is 0 Å². The van der Waals surface area contributed by atoms with E-state index in [2.05, 4.69) is 6.58 Å². The number of carboxylic acid groups (broad SMARTS) is 1. The molecule has 0 aromatic carbocycles. The highest BCUT2D eigenvalue weighted by Crippen LogP contribution is 1.77. The summed E-state index contributed by atoms with van der Waals surface area (Å²) in [7, 11) is 0. The van der Waals surface area contributed by atoms with Crippen molar-refractivity contribution in [1.82, 2.24) is 0 Å². The molecule has 66 valence electrons. The first-order valence-corrected chi connectivity index (χ1v) is 3.50. The molecule has 0 radical (unpaired) electrons. The highest BCUT2D eigenvalue weighted by atomic mass is 16.5. The van der Waals surface area contributed by atoms with Crippen molar-refractivity contribution in [3.05, 3.63) is 12.2 Å². The first kappa shape index (κ1) is 12.8. The summed E-state index contributed by atoms with van der Waals surface area (Å²) < 4.78 is 4.83. The molecular formula is C8H15O3-. The van der Waals surface area contributed by atoms with E-state index in [4.69, 9.17) is 4.74 Å². The van der Waals surface area contributed by atoms with E-state index in [0.29, 0.717) is 0 Å². The maximum Gasteiger partial charge on any atom is 0.0666 e. The van der Waals surface area contributed by atoms with Crippen molar-refractivity contribution >= 4 is 5.97 Å². The van der Waals surface area contributed by atoms with Crippen molar-refractivity contribution in [3.63, 3.8) is 0 Å². The van der Waals surface area contributed by atoms with Crippen LogP contribution < -0.4 is 5.11 Å². The number of aliphatic carboxylic acids is 1. The molecule has 0 aliphatic carbocycles. The number of carbonyl (C=O) groups is 1. The Morgan fingerprint density at radius 1 is 1.45 bits per heavy atom. The normalized spacial score (nSPS) is 7.91. The Balaban J connectivity index is 0. The van der Waals surface area contributed by atoms with Gasteiger partial charge in [0.2, 0.25) is 0 Å². The van der Waals surface area contributed by atoms with Crippen LogP contribution in [0.4, 0.5) is 0 Å². The Morgan fingerprint density at radius 2 is 1.73 bits per heavy atom. The average molecular weight is 159 g/mol. The first-order valence-electron chi connectivity index (χ1n) is 3.50. The molecule has 0 spiro atoms. The fraction of sp³-hybridized carbons (Fsp3) is 0.625. The maximum absolute atomic E-state index is 9.49. The van der Waals surface area contributed by atoms with E-state index >= 15 is 0 Å². The molecule has 0 saturated heterocycles. The smallest absolute Gasteiger partial charge is 0.0666 e. The standard InChI is InChI=1S/C4H6O2.C4H10O/c1-3(2)4(5)6;1-3-5-4-2/h1H2,2H3,(H,5,6);3-4H2,1-2H3/p-1. The summed E-state index contributed by atoms with van der Waals surface area (Å²) in [6, 6.07) is 0. The van der Waals surface area contributed by atoms with Crippen LogP contribution in [0.1, 0.15) is 20.8 Å². The van der Waals surface area contributed by atoms with Crippen LogP contribution in [0.3, 0.4) is 0 Å². The molecule has 0 saturated carbocycles. The third kappa shape index (κ3) is 17.6. The van der Waals surface area contributed by atoms with E-state index in [-0.39, 0.29) is 5.57 Å². The van der Waals surface area contributed by atoms with Crippen molar-refractivity contribution in [2.45, 2.75) is 20.8 Å². The molecule has 0 unspecified atom stereocenters. The molecule has 0 aromatic rings. The van der Waals surface area contributed by atoms with E-state index in [1.54, 1.807) is 0 Å². The molecule has 11 heavy (non-hydrogen) atoms. The van der Waals surface area contributed by atoms with Gasteiger partial charge in [0.25, 0.3) is 0 Å². The van der Waals surface area contributed by atoms with Gasteiger partial charge in [-0.1, -0.05) is 6.58 Å². The first-order chi connectivity index (χ1) is 5.06. The Labute approximate surface area is 67.7 Å².